The lowest BCUT2D eigenvalue weighted by atomic mass is 9.89. The minimum atomic E-state index is 0.310. The lowest BCUT2D eigenvalue weighted by Gasteiger charge is -2.29. The topological polar surface area (TPSA) is 23.5 Å². The summed E-state index contributed by atoms with van der Waals surface area (Å²) in [6, 6.07) is 2.21. The molecule has 0 bridgehead atoms. The molecular formula is C16H27NOS. The van der Waals surface area contributed by atoms with Crippen LogP contribution in [0.4, 0.5) is 0 Å². The molecule has 0 aliphatic heterocycles. The minimum absolute atomic E-state index is 0.310. The number of hydrogen-bond acceptors (Lipinski definition) is 3. The van der Waals surface area contributed by atoms with Crippen molar-refractivity contribution in [1.82, 2.24) is 4.90 Å². The number of aliphatic hydroxyl groups excluding tert-OH is 1. The summed E-state index contributed by atoms with van der Waals surface area (Å²) in [6.07, 6.45) is 7.96. The Morgan fingerprint density at radius 1 is 1.32 bits per heavy atom. The van der Waals surface area contributed by atoms with Gasteiger partial charge in [-0.3, -0.25) is 4.90 Å². The molecule has 0 saturated heterocycles. The maximum Gasteiger partial charge on any atom is 0.0443 e. The van der Waals surface area contributed by atoms with Crippen LogP contribution in [0.2, 0.25) is 0 Å². The maximum absolute atomic E-state index is 9.08. The van der Waals surface area contributed by atoms with E-state index in [0.717, 1.165) is 25.4 Å². The lowest BCUT2D eigenvalue weighted by Crippen LogP contribution is -2.31. The fourth-order valence-electron chi connectivity index (χ4n) is 3.03. The lowest BCUT2D eigenvalue weighted by molar-refractivity contribution is 0.176. The van der Waals surface area contributed by atoms with Crippen molar-refractivity contribution in [2.24, 2.45) is 5.92 Å². The van der Waals surface area contributed by atoms with Gasteiger partial charge in [-0.25, -0.2) is 0 Å². The summed E-state index contributed by atoms with van der Waals surface area (Å²) in [5.41, 5.74) is 1.42. The molecule has 1 aromatic heterocycles. The van der Waals surface area contributed by atoms with E-state index in [0.29, 0.717) is 6.61 Å². The van der Waals surface area contributed by atoms with Crippen LogP contribution in [-0.2, 0) is 6.54 Å². The van der Waals surface area contributed by atoms with Gasteiger partial charge >= 0.3 is 0 Å². The largest absolute Gasteiger partial charge is 0.396 e. The number of hydrogen-bond donors (Lipinski definition) is 1. The third-order valence-electron chi connectivity index (χ3n) is 4.21. The Labute approximate surface area is 121 Å². The highest BCUT2D eigenvalue weighted by atomic mass is 32.1. The van der Waals surface area contributed by atoms with Crippen molar-refractivity contribution >= 4 is 11.3 Å². The predicted octanol–water partition coefficient (Wildman–Crippen LogP) is 3.82. The molecule has 2 rings (SSSR count). The molecule has 1 aliphatic carbocycles. The van der Waals surface area contributed by atoms with Gasteiger partial charge in [0.05, 0.1) is 0 Å². The third kappa shape index (κ3) is 4.90. The van der Waals surface area contributed by atoms with Crippen molar-refractivity contribution in [1.29, 1.82) is 0 Å². The molecule has 1 saturated carbocycles. The molecule has 0 unspecified atom stereocenters. The standard InChI is InChI=1S/C16H27NOS/c1-14-8-11-19-16(14)13-17(9-5-10-18)12-15-6-3-2-4-7-15/h8,11,15,18H,2-7,9-10,12-13H2,1H3. The van der Waals surface area contributed by atoms with Gasteiger partial charge in [-0.2, -0.15) is 0 Å². The van der Waals surface area contributed by atoms with Gasteiger partial charge in [-0.15, -0.1) is 11.3 Å². The van der Waals surface area contributed by atoms with Gasteiger partial charge in [-0.05, 0) is 49.1 Å². The van der Waals surface area contributed by atoms with Crippen LogP contribution < -0.4 is 0 Å². The summed E-state index contributed by atoms with van der Waals surface area (Å²) in [7, 11) is 0. The average molecular weight is 281 g/mol. The van der Waals surface area contributed by atoms with Crippen molar-refractivity contribution in [2.75, 3.05) is 19.7 Å². The number of aliphatic hydroxyl groups is 1. The van der Waals surface area contributed by atoms with Crippen molar-refractivity contribution in [3.05, 3.63) is 21.9 Å². The van der Waals surface area contributed by atoms with Gasteiger partial charge in [0.25, 0.3) is 0 Å². The molecule has 2 nitrogen and oxygen atoms in total. The number of thiophene rings is 1. The van der Waals surface area contributed by atoms with Gasteiger partial charge in [0.1, 0.15) is 0 Å². The smallest absolute Gasteiger partial charge is 0.0443 e. The Morgan fingerprint density at radius 3 is 2.74 bits per heavy atom. The van der Waals surface area contributed by atoms with Crippen molar-refractivity contribution < 1.29 is 5.11 Å². The Balaban J connectivity index is 1.88. The van der Waals surface area contributed by atoms with E-state index < -0.39 is 0 Å². The molecule has 1 heterocycles. The van der Waals surface area contributed by atoms with Crippen LogP contribution in [0.15, 0.2) is 11.4 Å². The van der Waals surface area contributed by atoms with E-state index in [9.17, 15) is 0 Å². The first-order chi connectivity index (χ1) is 9.29. The van der Waals surface area contributed by atoms with Crippen LogP contribution in [0.3, 0.4) is 0 Å². The van der Waals surface area contributed by atoms with E-state index in [1.165, 1.54) is 49.1 Å². The molecule has 0 aromatic carbocycles. The highest BCUT2D eigenvalue weighted by Gasteiger charge is 2.18. The van der Waals surface area contributed by atoms with Gasteiger partial charge in [-0.1, -0.05) is 19.3 Å². The average Bonchev–Trinajstić information content (AvgIpc) is 2.83. The van der Waals surface area contributed by atoms with E-state index in [1.54, 1.807) is 0 Å². The van der Waals surface area contributed by atoms with E-state index in [1.807, 2.05) is 11.3 Å². The zero-order valence-electron chi connectivity index (χ0n) is 12.1. The van der Waals surface area contributed by atoms with Crippen LogP contribution >= 0.6 is 11.3 Å². The first-order valence-corrected chi connectivity index (χ1v) is 8.53. The zero-order valence-corrected chi connectivity index (χ0v) is 12.9. The summed E-state index contributed by atoms with van der Waals surface area (Å²) in [5.74, 6) is 0.882. The summed E-state index contributed by atoms with van der Waals surface area (Å²) < 4.78 is 0. The number of aryl methyl sites for hydroxylation is 1. The Hall–Kier alpha value is -0.380. The van der Waals surface area contributed by atoms with Crippen LogP contribution in [0, 0.1) is 12.8 Å². The summed E-state index contributed by atoms with van der Waals surface area (Å²) in [4.78, 5) is 4.05. The molecule has 3 heteroatoms. The molecule has 1 fully saturated rings. The van der Waals surface area contributed by atoms with Crippen molar-refractivity contribution in [3.63, 3.8) is 0 Å². The molecule has 108 valence electrons. The van der Waals surface area contributed by atoms with E-state index in [-0.39, 0.29) is 0 Å². The minimum Gasteiger partial charge on any atom is -0.396 e. The van der Waals surface area contributed by atoms with Crippen LogP contribution in [0.25, 0.3) is 0 Å². The molecule has 19 heavy (non-hydrogen) atoms. The summed E-state index contributed by atoms with van der Waals surface area (Å²) in [5, 5.41) is 11.3. The van der Waals surface area contributed by atoms with Gasteiger partial charge in [0, 0.05) is 31.1 Å². The first-order valence-electron chi connectivity index (χ1n) is 7.66. The SMILES string of the molecule is Cc1ccsc1CN(CCCO)CC1CCCCC1. The second-order valence-electron chi connectivity index (χ2n) is 5.84. The molecule has 1 N–H and O–H groups in total. The fraction of sp³-hybridized carbons (Fsp3) is 0.750. The molecular weight excluding hydrogens is 254 g/mol. The van der Waals surface area contributed by atoms with Crippen LogP contribution in [-0.4, -0.2) is 29.7 Å². The molecule has 0 spiro atoms. The van der Waals surface area contributed by atoms with Gasteiger partial charge in [0.2, 0.25) is 0 Å². The normalized spacial score (nSPS) is 17.2. The van der Waals surface area contributed by atoms with Gasteiger partial charge in [0.15, 0.2) is 0 Å². The fourth-order valence-corrected chi connectivity index (χ4v) is 3.98. The van der Waals surface area contributed by atoms with E-state index in [4.69, 9.17) is 5.11 Å². The number of rotatable bonds is 7. The predicted molar refractivity (Wildman–Crippen MR) is 82.6 cm³/mol. The van der Waals surface area contributed by atoms with E-state index in [2.05, 4.69) is 23.3 Å². The van der Waals surface area contributed by atoms with Gasteiger partial charge < -0.3 is 5.11 Å². The molecule has 1 aliphatic rings. The monoisotopic (exact) mass is 281 g/mol. The zero-order chi connectivity index (χ0) is 13.5. The second kappa shape index (κ2) is 8.03. The summed E-state index contributed by atoms with van der Waals surface area (Å²) >= 11 is 1.87. The molecule has 0 amide bonds. The molecule has 1 aromatic rings. The molecule has 0 radical (unpaired) electrons. The highest BCUT2D eigenvalue weighted by Crippen LogP contribution is 2.26. The Morgan fingerprint density at radius 2 is 2.11 bits per heavy atom. The third-order valence-corrected chi connectivity index (χ3v) is 5.22. The molecule has 0 atom stereocenters. The Kier molecular flexibility index (Phi) is 6.35. The quantitative estimate of drug-likeness (QED) is 0.821. The highest BCUT2D eigenvalue weighted by molar-refractivity contribution is 7.10. The second-order valence-corrected chi connectivity index (χ2v) is 6.84. The van der Waals surface area contributed by atoms with E-state index >= 15 is 0 Å². The van der Waals surface area contributed by atoms with Crippen LogP contribution in [0.1, 0.15) is 49.0 Å². The van der Waals surface area contributed by atoms with Crippen molar-refractivity contribution in [3.8, 4) is 0 Å². The van der Waals surface area contributed by atoms with Crippen LogP contribution in [0.5, 0.6) is 0 Å². The number of nitrogens with zero attached hydrogens (tertiary/aromatic N) is 1. The summed E-state index contributed by atoms with van der Waals surface area (Å²) in [6.45, 7) is 5.84. The Bertz CT molecular complexity index is 357. The first kappa shape index (κ1) is 15.0. The van der Waals surface area contributed by atoms with Crippen molar-refractivity contribution in [2.45, 2.75) is 52.0 Å². The maximum atomic E-state index is 9.08.